The number of benzene rings is 1. The number of fused-ring (bicyclic) bond motifs is 1. The van der Waals surface area contributed by atoms with Crippen LogP contribution in [0.3, 0.4) is 0 Å². The molecule has 1 aromatic carbocycles. The van der Waals surface area contributed by atoms with Crippen LogP contribution in [-0.2, 0) is 0 Å². The molecule has 2 aromatic rings. The van der Waals surface area contributed by atoms with Crippen LogP contribution in [0.4, 0.5) is 0 Å². The topological polar surface area (TPSA) is 70.2 Å². The van der Waals surface area contributed by atoms with E-state index in [0.29, 0.717) is 11.1 Å². The Labute approximate surface area is 79.2 Å². The summed E-state index contributed by atoms with van der Waals surface area (Å²) in [7, 11) is 0. The Morgan fingerprint density at radius 1 is 1.36 bits per heavy atom. The predicted octanol–water partition coefficient (Wildman–Crippen LogP) is 1.68. The van der Waals surface area contributed by atoms with Gasteiger partial charge in [0.15, 0.2) is 0 Å². The van der Waals surface area contributed by atoms with Gasteiger partial charge in [-0.1, -0.05) is 12.1 Å². The van der Waals surface area contributed by atoms with Crippen molar-refractivity contribution in [3.05, 3.63) is 35.5 Å². The lowest BCUT2D eigenvalue weighted by Crippen LogP contribution is -1.94. The van der Waals surface area contributed by atoms with Gasteiger partial charge in [-0.2, -0.15) is 0 Å². The maximum absolute atomic E-state index is 10.6. The molecule has 0 aliphatic carbocycles. The van der Waals surface area contributed by atoms with Crippen molar-refractivity contribution in [3.63, 3.8) is 0 Å². The van der Waals surface area contributed by atoms with Crippen molar-refractivity contribution < 1.29 is 14.7 Å². The van der Waals surface area contributed by atoms with E-state index >= 15 is 0 Å². The second-order valence-electron chi connectivity index (χ2n) is 2.95. The van der Waals surface area contributed by atoms with Gasteiger partial charge in [0.25, 0.3) is 0 Å². The van der Waals surface area contributed by atoms with E-state index in [4.69, 9.17) is 5.11 Å². The van der Waals surface area contributed by atoms with E-state index in [2.05, 4.69) is 4.98 Å². The van der Waals surface area contributed by atoms with Crippen molar-refractivity contribution in [1.82, 2.24) is 4.98 Å². The summed E-state index contributed by atoms with van der Waals surface area (Å²) in [6.07, 6.45) is 0.723. The smallest absolute Gasteiger partial charge is 0.352 e. The minimum absolute atomic E-state index is 0.128. The van der Waals surface area contributed by atoms with Crippen LogP contribution in [0.1, 0.15) is 20.8 Å². The van der Waals surface area contributed by atoms with E-state index in [0.717, 1.165) is 11.7 Å². The van der Waals surface area contributed by atoms with Crippen molar-refractivity contribution in [2.75, 3.05) is 0 Å². The second kappa shape index (κ2) is 2.99. The molecule has 0 aliphatic rings. The van der Waals surface area contributed by atoms with Crippen molar-refractivity contribution in [1.29, 1.82) is 0 Å². The number of aromatic nitrogens is 1. The summed E-state index contributed by atoms with van der Waals surface area (Å²) in [5.41, 5.74) is 1.31. The Morgan fingerprint density at radius 2 is 2.14 bits per heavy atom. The van der Waals surface area contributed by atoms with Gasteiger partial charge in [-0.05, 0) is 12.1 Å². The van der Waals surface area contributed by atoms with E-state index in [1.807, 2.05) is 0 Å². The Kier molecular flexibility index (Phi) is 1.81. The minimum atomic E-state index is -1.01. The van der Waals surface area contributed by atoms with E-state index in [1.165, 1.54) is 6.07 Å². The Balaban J connectivity index is 2.65. The largest absolute Gasteiger partial charge is 0.477 e. The van der Waals surface area contributed by atoms with Gasteiger partial charge in [-0.15, -0.1) is 0 Å². The molecule has 0 fully saturated rings. The number of hydrogen-bond acceptors (Lipinski definition) is 2. The van der Waals surface area contributed by atoms with Gasteiger partial charge in [-0.25, -0.2) is 4.79 Å². The monoisotopic (exact) mass is 189 g/mol. The molecular weight excluding hydrogens is 182 g/mol. The zero-order valence-electron chi connectivity index (χ0n) is 7.15. The molecule has 0 amide bonds. The number of H-pyrrole nitrogens is 1. The molecule has 70 valence electrons. The van der Waals surface area contributed by atoms with Gasteiger partial charge in [0, 0.05) is 16.5 Å². The van der Waals surface area contributed by atoms with Gasteiger partial charge in [0.05, 0.1) is 0 Å². The van der Waals surface area contributed by atoms with Crippen molar-refractivity contribution >= 4 is 23.2 Å². The molecule has 4 heteroatoms. The molecule has 0 spiro atoms. The number of nitrogens with one attached hydrogen (secondary N) is 1. The third-order valence-electron chi connectivity index (χ3n) is 2.01. The number of carboxylic acids is 1. The van der Waals surface area contributed by atoms with Crippen molar-refractivity contribution in [2.45, 2.75) is 0 Å². The number of aromatic amines is 1. The average Bonchev–Trinajstić information content (AvgIpc) is 2.59. The van der Waals surface area contributed by atoms with Crippen LogP contribution < -0.4 is 0 Å². The SMILES string of the molecule is O=Cc1ccc2cc(C(=O)O)[nH]c2c1. The molecule has 2 N–H and O–H groups in total. The quantitative estimate of drug-likeness (QED) is 0.706. The lowest BCUT2D eigenvalue weighted by Gasteiger charge is -1.90. The zero-order valence-corrected chi connectivity index (χ0v) is 7.15. The molecular formula is C10H7NO3. The highest BCUT2D eigenvalue weighted by atomic mass is 16.4. The second-order valence-corrected chi connectivity index (χ2v) is 2.95. The highest BCUT2D eigenvalue weighted by Gasteiger charge is 2.06. The summed E-state index contributed by atoms with van der Waals surface area (Å²) in [6, 6.07) is 6.51. The van der Waals surface area contributed by atoms with Crippen molar-refractivity contribution in [3.8, 4) is 0 Å². The first-order valence-electron chi connectivity index (χ1n) is 4.02. The standard InChI is InChI=1S/C10H7NO3/c12-5-6-1-2-7-4-9(10(13)14)11-8(7)3-6/h1-5,11H,(H,13,14). The summed E-state index contributed by atoms with van der Waals surface area (Å²) >= 11 is 0. The van der Waals surface area contributed by atoms with Crippen LogP contribution >= 0.6 is 0 Å². The molecule has 0 radical (unpaired) electrons. The molecule has 1 aromatic heterocycles. The number of carbonyl (C=O) groups is 2. The minimum Gasteiger partial charge on any atom is -0.477 e. The van der Waals surface area contributed by atoms with Gasteiger partial charge >= 0.3 is 5.97 Å². The number of carboxylic acid groups (broad SMARTS) is 1. The summed E-state index contributed by atoms with van der Waals surface area (Å²) in [6.45, 7) is 0. The van der Waals surface area contributed by atoms with Crippen LogP contribution in [0.15, 0.2) is 24.3 Å². The predicted molar refractivity (Wildman–Crippen MR) is 50.6 cm³/mol. The number of rotatable bonds is 2. The van der Waals surface area contributed by atoms with Gasteiger partial charge in [0.1, 0.15) is 12.0 Å². The summed E-state index contributed by atoms with van der Waals surface area (Å²) in [5.74, 6) is -1.01. The van der Waals surface area contributed by atoms with Crippen LogP contribution in [0.2, 0.25) is 0 Å². The normalized spacial score (nSPS) is 10.3. The maximum Gasteiger partial charge on any atom is 0.352 e. The maximum atomic E-state index is 10.6. The number of aromatic carboxylic acids is 1. The van der Waals surface area contributed by atoms with E-state index < -0.39 is 5.97 Å². The van der Waals surface area contributed by atoms with Crippen LogP contribution in [-0.4, -0.2) is 22.3 Å². The molecule has 0 atom stereocenters. The lowest BCUT2D eigenvalue weighted by molar-refractivity contribution is 0.0691. The summed E-state index contributed by atoms with van der Waals surface area (Å²) < 4.78 is 0. The molecule has 0 bridgehead atoms. The molecule has 0 saturated carbocycles. The first-order chi connectivity index (χ1) is 6.70. The Morgan fingerprint density at radius 3 is 2.79 bits per heavy atom. The molecule has 14 heavy (non-hydrogen) atoms. The molecule has 0 unspecified atom stereocenters. The summed E-state index contributed by atoms with van der Waals surface area (Å²) in [5, 5.41) is 9.50. The molecule has 2 rings (SSSR count). The molecule has 1 heterocycles. The Bertz CT molecular complexity index is 513. The molecule has 0 saturated heterocycles. The average molecular weight is 189 g/mol. The van der Waals surface area contributed by atoms with Gasteiger partial charge in [-0.3, -0.25) is 4.79 Å². The fourth-order valence-electron chi connectivity index (χ4n) is 1.33. The van der Waals surface area contributed by atoms with Crippen LogP contribution in [0, 0.1) is 0 Å². The zero-order chi connectivity index (χ0) is 10.1. The third-order valence-corrected chi connectivity index (χ3v) is 2.01. The van der Waals surface area contributed by atoms with E-state index in [-0.39, 0.29) is 5.69 Å². The Hall–Kier alpha value is -2.10. The number of carbonyl (C=O) groups excluding carboxylic acids is 1. The fraction of sp³-hybridized carbons (Fsp3) is 0. The van der Waals surface area contributed by atoms with Crippen molar-refractivity contribution in [2.24, 2.45) is 0 Å². The number of hydrogen-bond donors (Lipinski definition) is 2. The fourth-order valence-corrected chi connectivity index (χ4v) is 1.33. The highest BCUT2D eigenvalue weighted by molar-refractivity contribution is 5.95. The van der Waals surface area contributed by atoms with E-state index in [1.54, 1.807) is 18.2 Å². The van der Waals surface area contributed by atoms with Gasteiger partial charge < -0.3 is 10.1 Å². The number of aldehydes is 1. The summed E-state index contributed by atoms with van der Waals surface area (Å²) in [4.78, 5) is 23.8. The first-order valence-corrected chi connectivity index (χ1v) is 4.02. The van der Waals surface area contributed by atoms with Gasteiger partial charge in [0.2, 0.25) is 0 Å². The van der Waals surface area contributed by atoms with E-state index in [9.17, 15) is 9.59 Å². The van der Waals surface area contributed by atoms with Crippen LogP contribution in [0.5, 0.6) is 0 Å². The molecule has 4 nitrogen and oxygen atoms in total. The molecule has 0 aliphatic heterocycles. The third kappa shape index (κ3) is 1.26. The lowest BCUT2D eigenvalue weighted by atomic mass is 10.2. The van der Waals surface area contributed by atoms with Crippen LogP contribution in [0.25, 0.3) is 10.9 Å². The highest BCUT2D eigenvalue weighted by Crippen LogP contribution is 2.16. The first kappa shape index (κ1) is 8.50.